The molecule has 1 aromatic rings. The summed E-state index contributed by atoms with van der Waals surface area (Å²) in [5, 5.41) is 11.5. The highest BCUT2D eigenvalue weighted by Gasteiger charge is 1.98. The molecule has 1 N–H and O–H groups in total. The molecule has 4 heteroatoms. The molecule has 1 rings (SSSR count). The van der Waals surface area contributed by atoms with E-state index in [2.05, 4.69) is 0 Å². The van der Waals surface area contributed by atoms with Gasteiger partial charge in [0.05, 0.1) is 4.88 Å². The molecule has 9 heavy (non-hydrogen) atoms. The van der Waals surface area contributed by atoms with Crippen LogP contribution >= 0.6 is 11.3 Å². The molecule has 0 aliphatic heterocycles. The summed E-state index contributed by atoms with van der Waals surface area (Å²) in [6.07, 6.45) is 0. The Morgan fingerprint density at radius 1 is 1.78 bits per heavy atom. The van der Waals surface area contributed by atoms with Crippen LogP contribution in [-0.4, -0.2) is 5.91 Å². The topological polar surface area (TPSA) is 52.2 Å². The number of thiophene rings is 1. The van der Waals surface area contributed by atoms with Crippen molar-refractivity contribution in [2.45, 2.75) is 0 Å². The summed E-state index contributed by atoms with van der Waals surface area (Å²) in [6.45, 7) is 0. The Hall–Kier alpha value is -0.870. The Balaban J connectivity index is 2.77. The first kappa shape index (κ1) is 6.25. The average Bonchev–Trinajstić information content (AvgIpc) is 2.37. The van der Waals surface area contributed by atoms with Gasteiger partial charge in [0.15, 0.2) is 0 Å². The lowest BCUT2D eigenvalue weighted by Crippen LogP contribution is -2.13. The molecule has 0 radical (unpaired) electrons. The summed E-state index contributed by atoms with van der Waals surface area (Å²) in [7, 11) is 0. The molecule has 1 heterocycles. The number of carbonyl (C=O) groups excluding carboxylic acids is 1. The van der Waals surface area contributed by atoms with Crippen molar-refractivity contribution < 1.29 is 4.79 Å². The Bertz CT molecular complexity index is 195. The zero-order valence-electron chi connectivity index (χ0n) is 4.46. The molecule has 0 saturated carbocycles. The van der Waals surface area contributed by atoms with Gasteiger partial charge in [-0.15, -0.1) is 11.3 Å². The smallest absolute Gasteiger partial charge is 0.250 e. The molecule has 0 atom stereocenters. The summed E-state index contributed by atoms with van der Waals surface area (Å²) >= 11 is 1.24. The highest BCUT2D eigenvalue weighted by molar-refractivity contribution is 7.12. The van der Waals surface area contributed by atoms with E-state index in [1.807, 2.05) is 0 Å². The van der Waals surface area contributed by atoms with Crippen molar-refractivity contribution in [3.63, 3.8) is 0 Å². The van der Waals surface area contributed by atoms with E-state index in [0.717, 1.165) is 0 Å². The molecule has 1 aromatic heterocycles. The number of nitrogens with one attached hydrogen (secondary N) is 1. The second-order valence-corrected chi connectivity index (χ2v) is 2.36. The Morgan fingerprint density at radius 3 is 3.00 bits per heavy atom. The fourth-order valence-electron chi connectivity index (χ4n) is 0.458. The van der Waals surface area contributed by atoms with Crippen molar-refractivity contribution in [3.8, 4) is 0 Å². The van der Waals surface area contributed by atoms with E-state index in [0.29, 0.717) is 4.88 Å². The third kappa shape index (κ3) is 1.28. The molecule has 0 spiro atoms. The lowest BCUT2D eigenvalue weighted by atomic mass is 10.5. The number of amides is 1. The van der Waals surface area contributed by atoms with Gasteiger partial charge in [0.1, 0.15) is 0 Å². The first-order valence-corrected chi connectivity index (χ1v) is 3.18. The minimum absolute atomic E-state index is 0.449. The Kier molecular flexibility index (Phi) is 1.81. The van der Waals surface area contributed by atoms with Crippen molar-refractivity contribution >= 4 is 17.2 Å². The van der Waals surface area contributed by atoms with E-state index in [9.17, 15) is 10.0 Å². The van der Waals surface area contributed by atoms with Crippen LogP contribution in [0.15, 0.2) is 17.5 Å². The van der Waals surface area contributed by atoms with Gasteiger partial charge in [-0.1, -0.05) is 6.07 Å². The molecule has 0 unspecified atom stereocenters. The van der Waals surface area contributed by atoms with Crippen LogP contribution in [0.3, 0.4) is 0 Å². The van der Waals surface area contributed by atoms with Crippen molar-refractivity contribution in [2.24, 2.45) is 0 Å². The van der Waals surface area contributed by atoms with Crippen LogP contribution in [0.5, 0.6) is 0 Å². The van der Waals surface area contributed by atoms with Gasteiger partial charge in [-0.25, -0.2) is 0 Å². The van der Waals surface area contributed by atoms with Gasteiger partial charge in [-0.3, -0.25) is 4.79 Å². The van der Waals surface area contributed by atoms with Crippen LogP contribution in [-0.2, 0) is 0 Å². The minimum atomic E-state index is -0.565. The van der Waals surface area contributed by atoms with Crippen LogP contribution in [0.25, 0.3) is 0 Å². The van der Waals surface area contributed by atoms with Crippen LogP contribution < -0.4 is 5.48 Å². The lowest BCUT2D eigenvalue weighted by Gasteiger charge is -2.02. The van der Waals surface area contributed by atoms with Gasteiger partial charge in [0.25, 0.3) is 5.91 Å². The number of hydrogen-bond acceptors (Lipinski definition) is 3. The SMILES string of the molecule is O=C(N[O-])c1cccs1. The summed E-state index contributed by atoms with van der Waals surface area (Å²) < 4.78 is 0. The molecule has 0 bridgehead atoms. The van der Waals surface area contributed by atoms with Gasteiger partial charge in [-0.05, 0) is 11.4 Å². The van der Waals surface area contributed by atoms with Crippen molar-refractivity contribution in [1.82, 2.24) is 5.48 Å². The molecular formula is C5H4NO2S-. The Labute approximate surface area is 55.9 Å². The molecule has 0 aliphatic rings. The van der Waals surface area contributed by atoms with E-state index in [1.165, 1.54) is 16.8 Å². The van der Waals surface area contributed by atoms with Gasteiger partial charge < -0.3 is 10.7 Å². The van der Waals surface area contributed by atoms with Crippen LogP contribution in [0.4, 0.5) is 0 Å². The molecule has 0 saturated heterocycles. The zero-order chi connectivity index (χ0) is 6.69. The number of carbonyl (C=O) groups is 1. The Morgan fingerprint density at radius 2 is 2.56 bits per heavy atom. The van der Waals surface area contributed by atoms with Crippen LogP contribution in [0.2, 0.25) is 0 Å². The molecule has 3 nitrogen and oxygen atoms in total. The maximum absolute atomic E-state index is 10.5. The standard InChI is InChI=1S/C5H4NO2S/c7-5(6-8)4-2-1-3-9-4/h1-3H,(H-,6,7,8)/q-1. The second-order valence-electron chi connectivity index (χ2n) is 1.41. The van der Waals surface area contributed by atoms with Crippen LogP contribution in [0.1, 0.15) is 9.67 Å². The molecule has 0 aromatic carbocycles. The minimum Gasteiger partial charge on any atom is -0.759 e. The molecule has 0 fully saturated rings. The van der Waals surface area contributed by atoms with Gasteiger partial charge >= 0.3 is 0 Å². The second kappa shape index (κ2) is 2.61. The maximum Gasteiger partial charge on any atom is 0.250 e. The monoisotopic (exact) mass is 142 g/mol. The first-order valence-electron chi connectivity index (χ1n) is 2.30. The largest absolute Gasteiger partial charge is 0.759 e. The third-order valence-electron chi connectivity index (χ3n) is 0.838. The zero-order valence-corrected chi connectivity index (χ0v) is 5.27. The molecule has 1 amide bonds. The summed E-state index contributed by atoms with van der Waals surface area (Å²) in [4.78, 5) is 10.9. The summed E-state index contributed by atoms with van der Waals surface area (Å²) in [6, 6.07) is 3.31. The molecule has 48 valence electrons. The quantitative estimate of drug-likeness (QED) is 0.594. The molecular weight excluding hydrogens is 138 g/mol. The molecule has 0 aliphatic carbocycles. The normalized spacial score (nSPS) is 9.00. The lowest BCUT2D eigenvalue weighted by molar-refractivity contribution is 0.0974. The van der Waals surface area contributed by atoms with E-state index < -0.39 is 5.91 Å². The predicted molar refractivity (Wildman–Crippen MR) is 35.2 cm³/mol. The number of hydroxylamine groups is 1. The summed E-state index contributed by atoms with van der Waals surface area (Å²) in [5.41, 5.74) is 1.29. The van der Waals surface area contributed by atoms with Crippen molar-refractivity contribution in [1.29, 1.82) is 0 Å². The van der Waals surface area contributed by atoms with Crippen molar-refractivity contribution in [3.05, 3.63) is 27.6 Å². The van der Waals surface area contributed by atoms with E-state index >= 15 is 0 Å². The first-order chi connectivity index (χ1) is 4.34. The van der Waals surface area contributed by atoms with E-state index in [1.54, 1.807) is 17.5 Å². The third-order valence-corrected chi connectivity index (χ3v) is 1.71. The van der Waals surface area contributed by atoms with Crippen LogP contribution in [0, 0.1) is 5.21 Å². The maximum atomic E-state index is 10.5. The van der Waals surface area contributed by atoms with Crippen molar-refractivity contribution in [2.75, 3.05) is 0 Å². The highest BCUT2D eigenvalue weighted by atomic mass is 32.1. The fraction of sp³-hybridized carbons (Fsp3) is 0. The van der Waals surface area contributed by atoms with Gasteiger partial charge in [-0.2, -0.15) is 0 Å². The summed E-state index contributed by atoms with van der Waals surface area (Å²) in [5.74, 6) is -0.565. The van der Waals surface area contributed by atoms with E-state index in [4.69, 9.17) is 0 Å². The van der Waals surface area contributed by atoms with Gasteiger partial charge in [0.2, 0.25) is 0 Å². The number of rotatable bonds is 1. The van der Waals surface area contributed by atoms with E-state index in [-0.39, 0.29) is 0 Å². The number of hydrogen-bond donors (Lipinski definition) is 1. The van der Waals surface area contributed by atoms with Gasteiger partial charge in [0, 0.05) is 0 Å². The predicted octanol–water partition coefficient (Wildman–Crippen LogP) is 0.976. The highest BCUT2D eigenvalue weighted by Crippen LogP contribution is 2.06. The average molecular weight is 142 g/mol. The fourth-order valence-corrected chi connectivity index (χ4v) is 1.07.